The number of aryl methyl sites for hydroxylation is 1. The van der Waals surface area contributed by atoms with Crippen LogP contribution in [0.1, 0.15) is 30.3 Å². The van der Waals surface area contributed by atoms with Gasteiger partial charge in [0.15, 0.2) is 5.82 Å². The fourth-order valence-corrected chi connectivity index (χ4v) is 2.42. The average Bonchev–Trinajstić information content (AvgIpc) is 3.09. The van der Waals surface area contributed by atoms with Gasteiger partial charge in [-0.1, -0.05) is 11.2 Å². The van der Waals surface area contributed by atoms with Crippen molar-refractivity contribution in [3.8, 4) is 0 Å². The van der Waals surface area contributed by atoms with Gasteiger partial charge in [0, 0.05) is 18.3 Å². The Morgan fingerprint density at radius 3 is 3.16 bits per heavy atom. The number of hydrogen-bond donors (Lipinski definition) is 1. The zero-order chi connectivity index (χ0) is 12.9. The zero-order valence-electron chi connectivity index (χ0n) is 10.9. The van der Waals surface area contributed by atoms with Crippen molar-refractivity contribution in [1.29, 1.82) is 0 Å². The first-order valence-electron chi connectivity index (χ1n) is 6.82. The summed E-state index contributed by atoms with van der Waals surface area (Å²) in [6.07, 6.45) is 5.67. The Labute approximate surface area is 112 Å². The number of hydrogen-bond acceptors (Lipinski definition) is 5. The van der Waals surface area contributed by atoms with Crippen LogP contribution in [0.5, 0.6) is 0 Å². The molecule has 1 saturated heterocycles. The molecule has 1 fully saturated rings. The zero-order valence-corrected chi connectivity index (χ0v) is 10.9. The number of nitrogens with one attached hydrogen (secondary N) is 1. The second-order valence-electron chi connectivity index (χ2n) is 5.00. The molecule has 1 aliphatic rings. The Balaban J connectivity index is 1.54. The van der Waals surface area contributed by atoms with E-state index in [-0.39, 0.29) is 0 Å². The predicted molar refractivity (Wildman–Crippen MR) is 70.6 cm³/mol. The van der Waals surface area contributed by atoms with Crippen molar-refractivity contribution < 1.29 is 4.52 Å². The monoisotopic (exact) mass is 258 g/mol. The highest BCUT2D eigenvalue weighted by Crippen LogP contribution is 2.15. The second-order valence-corrected chi connectivity index (χ2v) is 5.00. The van der Waals surface area contributed by atoms with Crippen LogP contribution >= 0.6 is 0 Å². The molecule has 5 heteroatoms. The van der Waals surface area contributed by atoms with Crippen LogP contribution in [0.2, 0.25) is 0 Å². The first-order valence-corrected chi connectivity index (χ1v) is 6.82. The molecule has 0 radical (unpaired) electrons. The maximum atomic E-state index is 5.29. The van der Waals surface area contributed by atoms with E-state index in [0.29, 0.717) is 6.42 Å². The maximum Gasteiger partial charge on any atom is 0.226 e. The van der Waals surface area contributed by atoms with Gasteiger partial charge in [-0.2, -0.15) is 4.98 Å². The number of rotatable bonds is 5. The molecule has 2 aromatic rings. The molecule has 0 bridgehead atoms. The molecule has 0 aliphatic carbocycles. The van der Waals surface area contributed by atoms with E-state index in [9.17, 15) is 0 Å². The lowest BCUT2D eigenvalue weighted by molar-refractivity contribution is 0.361. The third-order valence-corrected chi connectivity index (χ3v) is 3.50. The van der Waals surface area contributed by atoms with E-state index in [2.05, 4.69) is 20.4 Å². The van der Waals surface area contributed by atoms with Gasteiger partial charge in [0.1, 0.15) is 0 Å². The van der Waals surface area contributed by atoms with Crippen LogP contribution in [0.25, 0.3) is 0 Å². The van der Waals surface area contributed by atoms with Gasteiger partial charge in [0.25, 0.3) is 0 Å². The molecular weight excluding hydrogens is 240 g/mol. The largest absolute Gasteiger partial charge is 0.339 e. The van der Waals surface area contributed by atoms with E-state index in [1.807, 2.05) is 18.2 Å². The first-order chi connectivity index (χ1) is 9.40. The molecule has 1 aliphatic heterocycles. The normalized spacial score (nSPS) is 18.8. The molecule has 3 heterocycles. The minimum atomic E-state index is 0.634. The van der Waals surface area contributed by atoms with Crippen LogP contribution < -0.4 is 5.32 Å². The molecule has 1 N–H and O–H groups in total. The topological polar surface area (TPSA) is 63.8 Å². The molecule has 1 unspecified atom stereocenters. The fraction of sp³-hybridized carbons (Fsp3) is 0.500. The summed E-state index contributed by atoms with van der Waals surface area (Å²) in [6, 6.07) is 5.84. The van der Waals surface area contributed by atoms with Gasteiger partial charge in [-0.05, 0) is 44.0 Å². The highest BCUT2D eigenvalue weighted by atomic mass is 16.5. The van der Waals surface area contributed by atoms with Crippen LogP contribution in [-0.2, 0) is 12.8 Å². The van der Waals surface area contributed by atoms with Crippen molar-refractivity contribution in [2.75, 3.05) is 13.1 Å². The molecule has 0 saturated carbocycles. The van der Waals surface area contributed by atoms with Crippen LogP contribution in [0.3, 0.4) is 0 Å². The summed E-state index contributed by atoms with van der Waals surface area (Å²) in [4.78, 5) is 8.69. The van der Waals surface area contributed by atoms with E-state index in [0.717, 1.165) is 49.3 Å². The lowest BCUT2D eigenvalue weighted by atomic mass is 10.0. The molecule has 3 rings (SSSR count). The Kier molecular flexibility index (Phi) is 3.83. The smallest absolute Gasteiger partial charge is 0.226 e. The van der Waals surface area contributed by atoms with Gasteiger partial charge in [-0.25, -0.2) is 0 Å². The summed E-state index contributed by atoms with van der Waals surface area (Å²) in [5.41, 5.74) is 0.967. The molecule has 2 aromatic heterocycles. The Hall–Kier alpha value is -1.75. The lowest BCUT2D eigenvalue weighted by Gasteiger charge is -2.03. The van der Waals surface area contributed by atoms with Gasteiger partial charge in [0.2, 0.25) is 5.89 Å². The lowest BCUT2D eigenvalue weighted by Crippen LogP contribution is -2.09. The molecule has 0 spiro atoms. The van der Waals surface area contributed by atoms with Gasteiger partial charge in [-0.3, -0.25) is 4.98 Å². The third kappa shape index (κ3) is 3.38. The van der Waals surface area contributed by atoms with E-state index >= 15 is 0 Å². The quantitative estimate of drug-likeness (QED) is 0.882. The van der Waals surface area contributed by atoms with Crippen molar-refractivity contribution in [3.63, 3.8) is 0 Å². The molecule has 19 heavy (non-hydrogen) atoms. The number of pyridine rings is 1. The van der Waals surface area contributed by atoms with E-state index in [4.69, 9.17) is 4.52 Å². The van der Waals surface area contributed by atoms with Gasteiger partial charge in [0.05, 0.1) is 6.42 Å². The second kappa shape index (κ2) is 5.93. The third-order valence-electron chi connectivity index (χ3n) is 3.50. The molecule has 5 nitrogen and oxygen atoms in total. The molecule has 0 aromatic carbocycles. The van der Waals surface area contributed by atoms with Crippen molar-refractivity contribution in [1.82, 2.24) is 20.4 Å². The van der Waals surface area contributed by atoms with Crippen molar-refractivity contribution in [3.05, 3.63) is 41.8 Å². The van der Waals surface area contributed by atoms with Crippen molar-refractivity contribution >= 4 is 0 Å². The van der Waals surface area contributed by atoms with Gasteiger partial charge in [-0.15, -0.1) is 0 Å². The van der Waals surface area contributed by atoms with Crippen molar-refractivity contribution in [2.45, 2.75) is 25.7 Å². The van der Waals surface area contributed by atoms with Gasteiger partial charge >= 0.3 is 0 Å². The SMILES string of the molecule is c1ccc(Cc2noc(CCC3CCNC3)n2)nc1. The molecule has 0 amide bonds. The highest BCUT2D eigenvalue weighted by Gasteiger charge is 2.16. The average molecular weight is 258 g/mol. The first kappa shape index (κ1) is 12.3. The standard InChI is InChI=1S/C14H18N4O/c1-2-7-16-12(3-1)9-13-17-14(19-18-13)5-4-11-6-8-15-10-11/h1-3,7,11,15H,4-6,8-10H2. The van der Waals surface area contributed by atoms with Crippen LogP contribution in [0.4, 0.5) is 0 Å². The summed E-state index contributed by atoms with van der Waals surface area (Å²) >= 11 is 0. The summed E-state index contributed by atoms with van der Waals surface area (Å²) in [5, 5.41) is 7.39. The predicted octanol–water partition coefficient (Wildman–Crippen LogP) is 1.60. The van der Waals surface area contributed by atoms with Crippen LogP contribution in [0.15, 0.2) is 28.9 Å². The fourth-order valence-electron chi connectivity index (χ4n) is 2.42. The van der Waals surface area contributed by atoms with Gasteiger partial charge < -0.3 is 9.84 Å². The van der Waals surface area contributed by atoms with Crippen LogP contribution in [-0.4, -0.2) is 28.2 Å². The van der Waals surface area contributed by atoms with Crippen molar-refractivity contribution in [2.24, 2.45) is 5.92 Å². The Bertz CT molecular complexity index is 505. The minimum Gasteiger partial charge on any atom is -0.339 e. The Morgan fingerprint density at radius 2 is 2.37 bits per heavy atom. The summed E-state index contributed by atoms with van der Waals surface area (Å²) in [6.45, 7) is 2.26. The van der Waals surface area contributed by atoms with E-state index in [1.54, 1.807) is 6.20 Å². The summed E-state index contributed by atoms with van der Waals surface area (Å²) in [7, 11) is 0. The maximum absolute atomic E-state index is 5.29. The molecular formula is C14H18N4O. The highest BCUT2D eigenvalue weighted by molar-refractivity contribution is 5.09. The Morgan fingerprint density at radius 1 is 1.37 bits per heavy atom. The minimum absolute atomic E-state index is 0.634. The summed E-state index contributed by atoms with van der Waals surface area (Å²) in [5.74, 6) is 2.22. The number of nitrogens with zero attached hydrogens (tertiary/aromatic N) is 3. The van der Waals surface area contributed by atoms with E-state index < -0.39 is 0 Å². The van der Waals surface area contributed by atoms with Crippen LogP contribution in [0, 0.1) is 5.92 Å². The summed E-state index contributed by atoms with van der Waals surface area (Å²) < 4.78 is 5.29. The number of aromatic nitrogens is 3. The molecule has 100 valence electrons. The molecule has 1 atom stereocenters. The van der Waals surface area contributed by atoms with E-state index in [1.165, 1.54) is 6.42 Å².